The third kappa shape index (κ3) is 3.24. The van der Waals surface area contributed by atoms with Gasteiger partial charge in [-0.2, -0.15) is 0 Å². The molecule has 0 radical (unpaired) electrons. The number of nitrogens with one attached hydrogen (secondary N) is 1. The predicted octanol–water partition coefficient (Wildman–Crippen LogP) is 2.73. The Kier molecular flexibility index (Phi) is 4.25. The summed E-state index contributed by atoms with van der Waals surface area (Å²) < 4.78 is 23.7. The molecule has 1 atom stereocenters. The van der Waals surface area contributed by atoms with Crippen LogP contribution >= 0.6 is 0 Å². The molecule has 0 aromatic heterocycles. The van der Waals surface area contributed by atoms with Crippen molar-refractivity contribution in [2.75, 3.05) is 5.32 Å². The van der Waals surface area contributed by atoms with Crippen LogP contribution in [0.2, 0.25) is 0 Å². The highest BCUT2D eigenvalue weighted by Crippen LogP contribution is 2.35. The van der Waals surface area contributed by atoms with Crippen molar-refractivity contribution in [1.29, 1.82) is 0 Å². The topological polar surface area (TPSA) is 115 Å². The van der Waals surface area contributed by atoms with E-state index in [-0.39, 0.29) is 22.3 Å². The van der Waals surface area contributed by atoms with Gasteiger partial charge in [-0.15, -0.1) is 0 Å². The molecule has 0 saturated heterocycles. The molecular formula is C16H17N3O4S. The normalized spacial score (nSPS) is 17.1. The molecule has 1 aliphatic carbocycles. The Balaban J connectivity index is 2.01. The summed E-state index contributed by atoms with van der Waals surface area (Å²) in [5, 5.41) is 19.3. The summed E-state index contributed by atoms with van der Waals surface area (Å²) in [5.41, 5.74) is 2.31. The summed E-state index contributed by atoms with van der Waals surface area (Å²) in [6.07, 6.45) is 2.81. The maximum atomic E-state index is 11.8. The minimum atomic E-state index is -4.08. The van der Waals surface area contributed by atoms with Crippen molar-refractivity contribution < 1.29 is 13.3 Å². The molecule has 0 unspecified atom stereocenters. The predicted molar refractivity (Wildman–Crippen MR) is 90.2 cm³/mol. The first kappa shape index (κ1) is 16.4. The van der Waals surface area contributed by atoms with Crippen LogP contribution in [0.15, 0.2) is 47.4 Å². The van der Waals surface area contributed by atoms with Crippen LogP contribution in [-0.4, -0.2) is 13.3 Å². The summed E-state index contributed by atoms with van der Waals surface area (Å²) in [6.45, 7) is 0. The smallest absolute Gasteiger partial charge is 0.270 e. The Bertz CT molecular complexity index is 896. The molecule has 0 aliphatic heterocycles. The molecule has 126 valence electrons. The highest BCUT2D eigenvalue weighted by Gasteiger charge is 2.24. The second-order valence-electron chi connectivity index (χ2n) is 5.77. The monoisotopic (exact) mass is 347 g/mol. The Morgan fingerprint density at radius 2 is 1.96 bits per heavy atom. The second-order valence-corrected chi connectivity index (χ2v) is 7.30. The van der Waals surface area contributed by atoms with Crippen LogP contribution < -0.4 is 10.5 Å². The number of fused-ring (bicyclic) bond motifs is 1. The Morgan fingerprint density at radius 3 is 2.67 bits per heavy atom. The van der Waals surface area contributed by atoms with Crippen molar-refractivity contribution in [3.05, 3.63) is 63.7 Å². The molecule has 3 N–H and O–H groups in total. The number of nitrogens with two attached hydrogens (primary N) is 1. The van der Waals surface area contributed by atoms with Crippen molar-refractivity contribution >= 4 is 21.4 Å². The molecule has 24 heavy (non-hydrogen) atoms. The van der Waals surface area contributed by atoms with Gasteiger partial charge in [0.1, 0.15) is 4.90 Å². The number of nitrogens with zero attached hydrogens (tertiary/aromatic N) is 1. The van der Waals surface area contributed by atoms with Crippen LogP contribution in [0.25, 0.3) is 0 Å². The van der Waals surface area contributed by atoms with E-state index in [0.29, 0.717) is 0 Å². The van der Waals surface area contributed by atoms with Gasteiger partial charge >= 0.3 is 0 Å². The molecule has 0 bridgehead atoms. The van der Waals surface area contributed by atoms with Crippen molar-refractivity contribution in [3.8, 4) is 0 Å². The highest BCUT2D eigenvalue weighted by atomic mass is 32.2. The second kappa shape index (κ2) is 6.21. The minimum Gasteiger partial charge on any atom is -0.377 e. The van der Waals surface area contributed by atoms with Gasteiger partial charge in [-0.1, -0.05) is 24.3 Å². The van der Waals surface area contributed by atoms with Crippen LogP contribution in [-0.2, 0) is 16.4 Å². The molecule has 0 amide bonds. The van der Waals surface area contributed by atoms with Gasteiger partial charge in [-0.25, -0.2) is 13.6 Å². The molecular weight excluding hydrogens is 330 g/mol. The zero-order valence-corrected chi connectivity index (χ0v) is 13.6. The van der Waals surface area contributed by atoms with E-state index < -0.39 is 14.9 Å². The largest absolute Gasteiger partial charge is 0.377 e. The van der Waals surface area contributed by atoms with Crippen molar-refractivity contribution in [2.24, 2.45) is 5.14 Å². The van der Waals surface area contributed by atoms with E-state index in [1.807, 2.05) is 18.2 Å². The van der Waals surface area contributed by atoms with Crippen molar-refractivity contribution in [2.45, 2.75) is 30.2 Å². The molecule has 0 spiro atoms. The Labute approximate surface area is 139 Å². The number of nitro benzene ring substituents is 1. The summed E-state index contributed by atoms with van der Waals surface area (Å²) in [4.78, 5) is 9.99. The van der Waals surface area contributed by atoms with Crippen LogP contribution in [0.3, 0.4) is 0 Å². The minimum absolute atomic E-state index is 0.0584. The number of aryl methyl sites for hydroxylation is 1. The quantitative estimate of drug-likeness (QED) is 0.652. The molecule has 7 nitrogen and oxygen atoms in total. The fourth-order valence-corrected chi connectivity index (χ4v) is 3.79. The first-order valence-electron chi connectivity index (χ1n) is 7.52. The lowest BCUT2D eigenvalue weighted by Gasteiger charge is -2.27. The Morgan fingerprint density at radius 1 is 1.21 bits per heavy atom. The van der Waals surface area contributed by atoms with Gasteiger partial charge in [0.2, 0.25) is 10.0 Å². The summed E-state index contributed by atoms with van der Waals surface area (Å²) in [5.74, 6) is 0. The lowest BCUT2D eigenvalue weighted by molar-refractivity contribution is -0.385. The van der Waals surface area contributed by atoms with Crippen LogP contribution in [0, 0.1) is 10.1 Å². The average molecular weight is 347 g/mol. The summed E-state index contributed by atoms with van der Waals surface area (Å²) in [6, 6.07) is 11.6. The SMILES string of the molecule is NS(=O)(=O)c1cc([N+](=O)[O-])ccc1N[C@@H]1CCCc2ccccc21. The van der Waals surface area contributed by atoms with E-state index in [1.54, 1.807) is 0 Å². The number of primary sulfonamides is 1. The molecule has 3 rings (SSSR count). The third-order valence-corrected chi connectivity index (χ3v) is 5.13. The average Bonchev–Trinajstić information content (AvgIpc) is 2.54. The van der Waals surface area contributed by atoms with Crippen LogP contribution in [0.5, 0.6) is 0 Å². The Hall–Kier alpha value is -2.45. The van der Waals surface area contributed by atoms with E-state index in [9.17, 15) is 18.5 Å². The van der Waals surface area contributed by atoms with E-state index >= 15 is 0 Å². The lowest BCUT2D eigenvalue weighted by Crippen LogP contribution is -2.20. The molecule has 0 saturated carbocycles. The first-order valence-corrected chi connectivity index (χ1v) is 9.06. The summed E-state index contributed by atoms with van der Waals surface area (Å²) in [7, 11) is -4.08. The van der Waals surface area contributed by atoms with E-state index in [0.717, 1.165) is 30.9 Å². The van der Waals surface area contributed by atoms with E-state index in [1.165, 1.54) is 17.7 Å². The van der Waals surface area contributed by atoms with E-state index in [4.69, 9.17) is 5.14 Å². The van der Waals surface area contributed by atoms with Gasteiger partial charge in [0, 0.05) is 12.1 Å². The molecule has 2 aromatic rings. The van der Waals surface area contributed by atoms with Crippen LogP contribution in [0.4, 0.5) is 11.4 Å². The zero-order valence-electron chi connectivity index (χ0n) is 12.8. The highest BCUT2D eigenvalue weighted by molar-refractivity contribution is 7.89. The maximum Gasteiger partial charge on any atom is 0.270 e. The standard InChI is InChI=1S/C16H17N3O4S/c17-24(22,23)16-10-12(19(20)21)8-9-15(16)18-14-7-3-5-11-4-1-2-6-13(11)14/h1-2,4,6,8-10,14,18H,3,5,7H2,(H2,17,22,23)/t14-/m1/s1. The number of benzene rings is 2. The molecule has 2 aromatic carbocycles. The number of non-ortho nitro benzene ring substituents is 1. The van der Waals surface area contributed by atoms with Gasteiger partial charge in [-0.05, 0) is 36.5 Å². The number of hydrogen-bond acceptors (Lipinski definition) is 5. The van der Waals surface area contributed by atoms with Gasteiger partial charge < -0.3 is 5.32 Å². The fraction of sp³-hybridized carbons (Fsp3) is 0.250. The number of sulfonamides is 1. The van der Waals surface area contributed by atoms with Crippen molar-refractivity contribution in [3.63, 3.8) is 0 Å². The van der Waals surface area contributed by atoms with Gasteiger partial charge in [0.05, 0.1) is 16.7 Å². The van der Waals surface area contributed by atoms with Crippen molar-refractivity contribution in [1.82, 2.24) is 0 Å². The molecule has 0 fully saturated rings. The maximum absolute atomic E-state index is 11.8. The number of hydrogen-bond donors (Lipinski definition) is 2. The zero-order chi connectivity index (χ0) is 17.3. The number of nitro groups is 1. The first-order chi connectivity index (χ1) is 11.4. The van der Waals surface area contributed by atoms with E-state index in [2.05, 4.69) is 11.4 Å². The van der Waals surface area contributed by atoms with Gasteiger partial charge in [0.25, 0.3) is 5.69 Å². The fourth-order valence-electron chi connectivity index (χ4n) is 3.07. The van der Waals surface area contributed by atoms with Gasteiger partial charge in [0.15, 0.2) is 0 Å². The molecule has 0 heterocycles. The number of anilines is 1. The third-order valence-electron chi connectivity index (χ3n) is 4.18. The van der Waals surface area contributed by atoms with Crippen LogP contribution in [0.1, 0.15) is 30.0 Å². The molecule has 8 heteroatoms. The molecule has 1 aliphatic rings. The van der Waals surface area contributed by atoms with Gasteiger partial charge in [-0.3, -0.25) is 10.1 Å². The lowest BCUT2D eigenvalue weighted by atomic mass is 9.87. The number of rotatable bonds is 4. The summed E-state index contributed by atoms with van der Waals surface area (Å²) >= 11 is 0.